The molecule has 0 fully saturated rings. The second kappa shape index (κ2) is 21.7. The van der Waals surface area contributed by atoms with Crippen molar-refractivity contribution >= 4 is 79.3 Å². The van der Waals surface area contributed by atoms with E-state index >= 15 is 0 Å². The number of aromatic nitrogens is 2. The lowest BCUT2D eigenvalue weighted by molar-refractivity contribution is 0.101. The molecule has 8 aromatic carbocycles. The summed E-state index contributed by atoms with van der Waals surface area (Å²) in [4.78, 5) is 38.3. The first kappa shape index (κ1) is 49.2. The number of amides is 2. The van der Waals surface area contributed by atoms with Crippen molar-refractivity contribution in [2.45, 2.75) is 13.2 Å². The highest BCUT2D eigenvalue weighted by Gasteiger charge is 2.19. The minimum absolute atomic E-state index is 0.00266. The number of carbonyl (C=O) groups is 2. The number of phenols is 2. The van der Waals surface area contributed by atoms with Gasteiger partial charge in [-0.3, -0.25) is 30.2 Å². The first-order valence-electron chi connectivity index (χ1n) is 22.2. The van der Waals surface area contributed by atoms with Crippen molar-refractivity contribution in [1.29, 1.82) is 0 Å². The molecule has 1 aromatic heterocycles. The number of methoxy groups -OCH3 is 4. The number of halogens is 2. The van der Waals surface area contributed by atoms with E-state index in [-0.39, 0.29) is 47.1 Å². The van der Waals surface area contributed by atoms with Gasteiger partial charge in [0.2, 0.25) is 11.8 Å². The Kier molecular flexibility index (Phi) is 14.7. The molecule has 0 aliphatic heterocycles. The van der Waals surface area contributed by atoms with Gasteiger partial charge in [0, 0.05) is 40.1 Å². The van der Waals surface area contributed by atoms with Crippen LogP contribution in [-0.2, 0) is 22.9 Å². The summed E-state index contributed by atoms with van der Waals surface area (Å²) in [7, 11) is 6.00. The van der Waals surface area contributed by atoms with Crippen LogP contribution in [0.15, 0.2) is 138 Å². The van der Waals surface area contributed by atoms with Gasteiger partial charge in [0.25, 0.3) is 11.8 Å². The molecule has 1 heterocycles. The first-order chi connectivity index (χ1) is 35.4. The average Bonchev–Trinajstić information content (AvgIpc) is 3.90. The maximum absolute atomic E-state index is 13.5. The predicted octanol–water partition coefficient (Wildman–Crippen LogP) is 12.1. The van der Waals surface area contributed by atoms with Crippen molar-refractivity contribution in [1.82, 2.24) is 10.2 Å². The van der Waals surface area contributed by atoms with E-state index in [1.807, 2.05) is 24.3 Å². The summed E-state index contributed by atoms with van der Waals surface area (Å²) in [5.74, 6) is 1.10. The zero-order valence-corrected chi connectivity index (χ0v) is 40.8. The van der Waals surface area contributed by atoms with Gasteiger partial charge in [-0.15, -0.1) is 10.2 Å². The molecule has 0 aliphatic rings. The normalized spacial score (nSPS) is 11.0. The Hall–Kier alpha value is -8.74. The van der Waals surface area contributed by atoms with Crippen molar-refractivity contribution in [3.8, 4) is 57.4 Å². The molecule has 0 bridgehead atoms. The van der Waals surface area contributed by atoms with Crippen molar-refractivity contribution in [2.24, 2.45) is 0 Å². The Morgan fingerprint density at radius 1 is 0.521 bits per heavy atom. The fraction of sp³-hybridized carbons (Fsp3) is 0.111. The third-order valence-corrected chi connectivity index (χ3v) is 12.1. The lowest BCUT2D eigenvalue weighted by Crippen LogP contribution is -2.13. The zero-order valence-electron chi connectivity index (χ0n) is 39.3. The van der Waals surface area contributed by atoms with Crippen molar-refractivity contribution in [2.75, 3.05) is 50.0 Å². The summed E-state index contributed by atoms with van der Waals surface area (Å²) >= 11 is 12.6. The van der Waals surface area contributed by atoms with E-state index in [1.54, 1.807) is 91.0 Å². The SMILES string of the molecule is COc1cc(OC)c(NOCc2ccc3cc(O)c(CONc4ccc(-c5nnc(-c6ccc(NC(=O)c7cc8cc(C(=O)Nc9cc(Cl)c(OC)cc9OC)ccc8cc7O)cc6)o5)cc4)cc3c2)cc1Cl. The Balaban J connectivity index is 0.780. The second-order valence-corrected chi connectivity index (χ2v) is 17.0. The molecular formula is C54H44Cl2N6O11. The van der Waals surface area contributed by atoms with E-state index in [1.165, 1.54) is 46.6 Å². The number of ether oxygens (including phenoxy) is 4. The van der Waals surface area contributed by atoms with Gasteiger partial charge in [-0.25, -0.2) is 0 Å². The molecule has 0 saturated carbocycles. The molecule has 73 heavy (non-hydrogen) atoms. The van der Waals surface area contributed by atoms with Crippen LogP contribution in [0.3, 0.4) is 0 Å². The Labute approximate surface area is 427 Å². The van der Waals surface area contributed by atoms with Gasteiger partial charge in [-0.2, -0.15) is 0 Å². The minimum atomic E-state index is -0.569. The third-order valence-electron chi connectivity index (χ3n) is 11.5. The number of hydrogen-bond donors (Lipinski definition) is 6. The standard InChI is InChI=1S/C54H44Cl2N6O11/c1-67-47-25-49(69-3)43(23-41(47)55)58-51(65)34-8-7-33-22-46(64)40(20-36(33)18-34)52(66)57-38-13-9-30(10-14-38)53-59-60-54(73-53)31-11-15-39(16-12-31)61-72-28-37-19-35-17-29(5-6-32(35)21-45(37)63)27-71-62-44-24-42(56)48(68-2)26-50(44)70-4/h5-26,61-64H,27-28H2,1-4H3,(H,57,66)(H,58,65). The van der Waals surface area contributed by atoms with Crippen LogP contribution in [0, 0.1) is 0 Å². The molecule has 17 nitrogen and oxygen atoms in total. The molecule has 0 unspecified atom stereocenters. The number of carbonyl (C=O) groups excluding carboxylic acids is 2. The Bertz CT molecular complexity index is 3520. The smallest absolute Gasteiger partial charge is 0.259 e. The van der Waals surface area contributed by atoms with Crippen LogP contribution in [0.4, 0.5) is 22.7 Å². The zero-order chi connectivity index (χ0) is 51.2. The summed E-state index contributed by atoms with van der Waals surface area (Å²) in [6.45, 7) is 0.291. The maximum Gasteiger partial charge on any atom is 0.259 e. The molecule has 19 heteroatoms. The third kappa shape index (κ3) is 11.1. The van der Waals surface area contributed by atoms with Gasteiger partial charge >= 0.3 is 0 Å². The van der Waals surface area contributed by atoms with Gasteiger partial charge < -0.3 is 44.2 Å². The van der Waals surface area contributed by atoms with Crippen LogP contribution >= 0.6 is 23.2 Å². The van der Waals surface area contributed by atoms with Crippen LogP contribution < -0.4 is 40.5 Å². The molecule has 9 aromatic rings. The topological polar surface area (TPSA) is 217 Å². The lowest BCUT2D eigenvalue weighted by atomic mass is 10.0. The van der Waals surface area contributed by atoms with Crippen LogP contribution in [0.1, 0.15) is 31.8 Å². The molecule has 6 N–H and O–H groups in total. The lowest BCUT2D eigenvalue weighted by Gasteiger charge is -2.14. The first-order valence-corrected chi connectivity index (χ1v) is 22.9. The molecule has 0 aliphatic carbocycles. The number of anilines is 4. The van der Waals surface area contributed by atoms with Crippen LogP contribution in [0.2, 0.25) is 10.0 Å². The summed E-state index contributed by atoms with van der Waals surface area (Å²) in [5.41, 5.74) is 10.8. The van der Waals surface area contributed by atoms with E-state index in [0.717, 1.165) is 16.3 Å². The van der Waals surface area contributed by atoms with Gasteiger partial charge in [0.15, 0.2) is 0 Å². The van der Waals surface area contributed by atoms with Crippen molar-refractivity contribution in [3.05, 3.63) is 166 Å². The molecular weight excluding hydrogens is 980 g/mol. The number of fused-ring (bicyclic) bond motifs is 2. The summed E-state index contributed by atoms with van der Waals surface area (Å²) < 4.78 is 27.3. The number of aromatic hydroxyl groups is 2. The largest absolute Gasteiger partial charge is 0.508 e. The fourth-order valence-corrected chi connectivity index (χ4v) is 8.20. The number of phenolic OH excluding ortho intramolecular Hbond substituents is 2. The van der Waals surface area contributed by atoms with E-state index in [4.69, 9.17) is 56.2 Å². The molecule has 0 radical (unpaired) electrons. The number of hydrogen-bond acceptors (Lipinski definition) is 15. The monoisotopic (exact) mass is 1020 g/mol. The van der Waals surface area contributed by atoms with Gasteiger partial charge in [-0.05, 0) is 130 Å². The Morgan fingerprint density at radius 3 is 1.73 bits per heavy atom. The van der Waals surface area contributed by atoms with Gasteiger partial charge in [0.1, 0.15) is 46.8 Å². The van der Waals surface area contributed by atoms with Gasteiger partial charge in [0.05, 0.1) is 62.0 Å². The van der Waals surface area contributed by atoms with Gasteiger partial charge in [-0.1, -0.05) is 41.4 Å². The summed E-state index contributed by atoms with van der Waals surface area (Å²) in [6.07, 6.45) is 0. The van der Waals surface area contributed by atoms with E-state index in [2.05, 4.69) is 31.8 Å². The van der Waals surface area contributed by atoms with Crippen molar-refractivity contribution < 1.29 is 52.8 Å². The van der Waals surface area contributed by atoms with E-state index in [0.29, 0.717) is 83.8 Å². The second-order valence-electron chi connectivity index (χ2n) is 16.2. The highest BCUT2D eigenvalue weighted by molar-refractivity contribution is 6.33. The number of nitrogens with zero attached hydrogens (tertiary/aromatic N) is 2. The minimum Gasteiger partial charge on any atom is -0.508 e. The highest BCUT2D eigenvalue weighted by Crippen LogP contribution is 2.38. The average molecular weight is 1020 g/mol. The molecule has 370 valence electrons. The summed E-state index contributed by atoms with van der Waals surface area (Å²) in [6, 6.07) is 37.5. The van der Waals surface area contributed by atoms with Crippen LogP contribution in [0.5, 0.6) is 34.5 Å². The van der Waals surface area contributed by atoms with Crippen LogP contribution in [-0.4, -0.2) is 60.7 Å². The number of benzene rings is 8. The maximum atomic E-state index is 13.5. The molecule has 2 amide bonds. The number of rotatable bonds is 18. The number of nitrogens with one attached hydrogen (secondary N) is 4. The Morgan fingerprint density at radius 2 is 1.08 bits per heavy atom. The fourth-order valence-electron chi connectivity index (χ4n) is 7.71. The van der Waals surface area contributed by atoms with Crippen molar-refractivity contribution in [3.63, 3.8) is 0 Å². The predicted molar refractivity (Wildman–Crippen MR) is 278 cm³/mol. The highest BCUT2D eigenvalue weighted by atomic mass is 35.5. The molecule has 0 atom stereocenters. The molecule has 9 rings (SSSR count). The van der Waals surface area contributed by atoms with E-state index < -0.39 is 11.8 Å². The molecule has 0 saturated heterocycles. The quantitative estimate of drug-likeness (QED) is 0.0441. The molecule has 0 spiro atoms. The summed E-state index contributed by atoms with van der Waals surface area (Å²) in [5, 5.41) is 39.2. The van der Waals surface area contributed by atoms with Crippen LogP contribution in [0.25, 0.3) is 44.5 Å². The van der Waals surface area contributed by atoms with E-state index in [9.17, 15) is 19.8 Å².